The molecule has 0 saturated heterocycles. The second kappa shape index (κ2) is 5.08. The highest BCUT2D eigenvalue weighted by atomic mass is 16.6. The molecule has 1 heterocycles. The van der Waals surface area contributed by atoms with Gasteiger partial charge in [-0.25, -0.2) is 4.79 Å². The molecule has 2 rings (SSSR count). The topological polar surface area (TPSA) is 115 Å². The van der Waals surface area contributed by atoms with Crippen LogP contribution in [0.3, 0.4) is 0 Å². The summed E-state index contributed by atoms with van der Waals surface area (Å²) in [5.41, 5.74) is -0.334. The molecule has 0 aliphatic rings. The lowest BCUT2D eigenvalue weighted by molar-refractivity contribution is -0.384. The third kappa shape index (κ3) is 3.00. The Morgan fingerprint density at radius 2 is 2.05 bits per heavy atom. The Balaban J connectivity index is 2.19. The lowest BCUT2D eigenvalue weighted by Gasteiger charge is -2.03. The second-order valence-electron chi connectivity index (χ2n) is 3.42. The van der Waals surface area contributed by atoms with Crippen LogP contribution < -0.4 is 4.74 Å². The van der Waals surface area contributed by atoms with Crippen LogP contribution in [0.4, 0.5) is 5.69 Å². The van der Waals surface area contributed by atoms with Crippen molar-refractivity contribution in [2.24, 2.45) is 0 Å². The molecule has 8 nitrogen and oxygen atoms in total. The van der Waals surface area contributed by atoms with E-state index in [-0.39, 0.29) is 23.0 Å². The fourth-order valence-corrected chi connectivity index (χ4v) is 1.27. The molecule has 0 saturated carbocycles. The average molecular weight is 261 g/mol. The molecule has 1 aromatic heterocycles. The van der Waals surface area contributed by atoms with Gasteiger partial charge in [0.15, 0.2) is 5.69 Å². The van der Waals surface area contributed by atoms with E-state index in [9.17, 15) is 14.9 Å². The molecule has 19 heavy (non-hydrogen) atoms. The number of benzene rings is 1. The summed E-state index contributed by atoms with van der Waals surface area (Å²) in [4.78, 5) is 20.6. The van der Waals surface area contributed by atoms with Gasteiger partial charge in [0.05, 0.1) is 11.0 Å². The van der Waals surface area contributed by atoms with Gasteiger partial charge < -0.3 is 9.84 Å². The number of carbonyl (C=O) groups is 1. The summed E-state index contributed by atoms with van der Waals surface area (Å²) in [6, 6.07) is 8.07. The summed E-state index contributed by atoms with van der Waals surface area (Å²) in [7, 11) is 0. The Bertz CT molecular complexity index is 626. The lowest BCUT2D eigenvalue weighted by atomic mass is 10.3. The van der Waals surface area contributed by atoms with Gasteiger partial charge in [0, 0.05) is 12.1 Å². The maximum atomic E-state index is 10.6. The minimum Gasteiger partial charge on any atom is -0.476 e. The number of rotatable bonds is 4. The summed E-state index contributed by atoms with van der Waals surface area (Å²) in [6.45, 7) is 0. The molecule has 0 bridgehead atoms. The molecule has 0 aliphatic carbocycles. The Kier molecular flexibility index (Phi) is 3.33. The molecular weight excluding hydrogens is 254 g/mol. The first-order chi connectivity index (χ1) is 9.06. The number of nitro benzene ring substituents is 1. The number of carboxylic acid groups (broad SMARTS) is 1. The van der Waals surface area contributed by atoms with Crippen molar-refractivity contribution < 1.29 is 19.6 Å². The van der Waals surface area contributed by atoms with Gasteiger partial charge in [0.1, 0.15) is 5.75 Å². The van der Waals surface area contributed by atoms with E-state index in [1.54, 1.807) is 0 Å². The number of nitrogens with zero attached hydrogens (tertiary/aromatic N) is 3. The molecule has 0 aliphatic heterocycles. The monoisotopic (exact) mass is 261 g/mol. The molecule has 96 valence electrons. The summed E-state index contributed by atoms with van der Waals surface area (Å²) in [6.07, 6.45) is 0. The number of nitro groups is 1. The van der Waals surface area contributed by atoms with E-state index in [0.29, 0.717) is 0 Å². The maximum Gasteiger partial charge on any atom is 0.356 e. The van der Waals surface area contributed by atoms with Crippen LogP contribution in [-0.4, -0.2) is 26.2 Å². The quantitative estimate of drug-likeness (QED) is 0.659. The van der Waals surface area contributed by atoms with Crippen LogP contribution in [-0.2, 0) is 0 Å². The molecule has 0 spiro atoms. The van der Waals surface area contributed by atoms with E-state index in [1.807, 2.05) is 0 Å². The zero-order valence-corrected chi connectivity index (χ0v) is 9.39. The van der Waals surface area contributed by atoms with Gasteiger partial charge in [0.2, 0.25) is 5.88 Å². The Morgan fingerprint density at radius 1 is 1.26 bits per heavy atom. The van der Waals surface area contributed by atoms with E-state index in [1.165, 1.54) is 36.4 Å². The highest BCUT2D eigenvalue weighted by Crippen LogP contribution is 2.23. The second-order valence-corrected chi connectivity index (χ2v) is 3.42. The third-order valence-corrected chi connectivity index (χ3v) is 2.11. The first kappa shape index (κ1) is 12.4. The van der Waals surface area contributed by atoms with Crippen molar-refractivity contribution in [3.05, 3.63) is 52.2 Å². The molecule has 0 amide bonds. The summed E-state index contributed by atoms with van der Waals surface area (Å²) >= 11 is 0. The van der Waals surface area contributed by atoms with Crippen molar-refractivity contribution in [3.63, 3.8) is 0 Å². The van der Waals surface area contributed by atoms with Gasteiger partial charge in [-0.2, -0.15) is 0 Å². The van der Waals surface area contributed by atoms with Gasteiger partial charge in [-0.15, -0.1) is 10.2 Å². The van der Waals surface area contributed by atoms with Gasteiger partial charge in [-0.05, 0) is 12.1 Å². The standard InChI is InChI=1S/C11H7N3O5/c15-11(16)9-4-5-10(13-12-9)19-8-3-1-2-7(6-8)14(17)18/h1-6H,(H,15,16). The highest BCUT2D eigenvalue weighted by molar-refractivity contribution is 5.84. The predicted molar refractivity (Wildman–Crippen MR) is 62.2 cm³/mol. The lowest BCUT2D eigenvalue weighted by Crippen LogP contribution is -2.02. The molecule has 2 aromatic rings. The largest absolute Gasteiger partial charge is 0.476 e. The zero-order valence-electron chi connectivity index (χ0n) is 9.39. The van der Waals surface area contributed by atoms with E-state index in [2.05, 4.69) is 10.2 Å². The first-order valence-electron chi connectivity index (χ1n) is 5.05. The van der Waals surface area contributed by atoms with Crippen LogP contribution in [0.2, 0.25) is 0 Å². The molecule has 1 aromatic carbocycles. The van der Waals surface area contributed by atoms with Crippen molar-refractivity contribution in [1.29, 1.82) is 0 Å². The van der Waals surface area contributed by atoms with E-state index in [4.69, 9.17) is 9.84 Å². The van der Waals surface area contributed by atoms with Gasteiger partial charge in [-0.1, -0.05) is 6.07 Å². The Labute approximate surface area is 106 Å². The average Bonchev–Trinajstić information content (AvgIpc) is 2.39. The van der Waals surface area contributed by atoms with Crippen molar-refractivity contribution in [2.75, 3.05) is 0 Å². The molecule has 0 unspecified atom stereocenters. The smallest absolute Gasteiger partial charge is 0.356 e. The minimum atomic E-state index is -1.20. The molecule has 1 N–H and O–H groups in total. The van der Waals surface area contributed by atoms with Crippen molar-refractivity contribution in [1.82, 2.24) is 10.2 Å². The maximum absolute atomic E-state index is 10.6. The van der Waals surface area contributed by atoms with Crippen LogP contribution in [0.1, 0.15) is 10.5 Å². The molecule has 0 atom stereocenters. The highest BCUT2D eigenvalue weighted by Gasteiger charge is 2.09. The van der Waals surface area contributed by atoms with Crippen LogP contribution in [0.15, 0.2) is 36.4 Å². The summed E-state index contributed by atoms with van der Waals surface area (Å²) in [5, 5.41) is 26.2. The van der Waals surface area contributed by atoms with Crippen molar-refractivity contribution >= 4 is 11.7 Å². The van der Waals surface area contributed by atoms with Crippen molar-refractivity contribution in [3.8, 4) is 11.6 Å². The number of aromatic carboxylic acids is 1. The minimum absolute atomic E-state index is 0.0468. The normalized spacial score (nSPS) is 9.89. The van der Waals surface area contributed by atoms with Crippen LogP contribution >= 0.6 is 0 Å². The number of non-ortho nitro benzene ring substituents is 1. The first-order valence-corrected chi connectivity index (χ1v) is 5.05. The van der Waals surface area contributed by atoms with Crippen LogP contribution in [0, 0.1) is 10.1 Å². The molecular formula is C11H7N3O5. The SMILES string of the molecule is O=C(O)c1ccc(Oc2cccc([N+](=O)[O-])c2)nn1. The fourth-order valence-electron chi connectivity index (χ4n) is 1.27. The summed E-state index contributed by atoms with van der Waals surface area (Å²) in [5.74, 6) is -0.938. The summed E-state index contributed by atoms with van der Waals surface area (Å²) < 4.78 is 5.23. The molecule has 0 radical (unpaired) electrons. The van der Waals surface area contributed by atoms with Gasteiger partial charge in [0.25, 0.3) is 5.69 Å². The molecule has 0 fully saturated rings. The van der Waals surface area contributed by atoms with E-state index in [0.717, 1.165) is 0 Å². The zero-order chi connectivity index (χ0) is 13.8. The van der Waals surface area contributed by atoms with E-state index < -0.39 is 10.9 Å². The number of ether oxygens (including phenoxy) is 1. The molecule has 8 heteroatoms. The number of carboxylic acids is 1. The third-order valence-electron chi connectivity index (χ3n) is 2.11. The van der Waals surface area contributed by atoms with Crippen LogP contribution in [0.5, 0.6) is 11.6 Å². The van der Waals surface area contributed by atoms with Crippen molar-refractivity contribution in [2.45, 2.75) is 0 Å². The number of hydrogen-bond donors (Lipinski definition) is 1. The van der Waals surface area contributed by atoms with E-state index >= 15 is 0 Å². The van der Waals surface area contributed by atoms with Gasteiger partial charge >= 0.3 is 5.97 Å². The fraction of sp³-hybridized carbons (Fsp3) is 0. The number of hydrogen-bond acceptors (Lipinski definition) is 6. The van der Waals surface area contributed by atoms with Gasteiger partial charge in [-0.3, -0.25) is 10.1 Å². The van der Waals surface area contributed by atoms with Crippen LogP contribution in [0.25, 0.3) is 0 Å². The number of aromatic nitrogens is 2. The predicted octanol–water partition coefficient (Wildman–Crippen LogP) is 1.88. The Morgan fingerprint density at radius 3 is 2.63 bits per heavy atom. The Hall–Kier alpha value is -3.03.